The first-order chi connectivity index (χ1) is 6.60. The van der Waals surface area contributed by atoms with Crippen LogP contribution in [0.15, 0.2) is 12.1 Å². The molecule has 1 atom stereocenters. The van der Waals surface area contributed by atoms with Gasteiger partial charge in [-0.05, 0) is 6.07 Å². The van der Waals surface area contributed by atoms with Crippen LogP contribution in [0.5, 0.6) is 11.5 Å². The second-order valence-electron chi connectivity index (χ2n) is 2.83. The molecule has 78 valence electrons. The highest BCUT2D eigenvalue weighted by Crippen LogP contribution is 2.30. The van der Waals surface area contributed by atoms with Gasteiger partial charge in [-0.15, -0.1) is 0 Å². The summed E-state index contributed by atoms with van der Waals surface area (Å²) in [6.45, 7) is -0.370. The third-order valence-corrected chi connectivity index (χ3v) is 1.89. The molecule has 4 N–H and O–H groups in total. The summed E-state index contributed by atoms with van der Waals surface area (Å²) in [5, 5.41) is 18.0. The third kappa shape index (κ3) is 1.94. The highest BCUT2D eigenvalue weighted by Gasteiger charge is 2.14. The average molecular weight is 201 g/mol. The summed E-state index contributed by atoms with van der Waals surface area (Å²) in [6.07, 6.45) is 0. The SMILES string of the molecule is COc1cc(C(N)CO)c(F)cc1O. The molecule has 0 spiro atoms. The van der Waals surface area contributed by atoms with E-state index >= 15 is 0 Å². The van der Waals surface area contributed by atoms with Crippen LogP contribution in [0.4, 0.5) is 4.39 Å². The van der Waals surface area contributed by atoms with Crippen molar-refractivity contribution in [2.75, 3.05) is 13.7 Å². The van der Waals surface area contributed by atoms with Gasteiger partial charge in [0.15, 0.2) is 11.5 Å². The van der Waals surface area contributed by atoms with Crippen molar-refractivity contribution < 1.29 is 19.3 Å². The van der Waals surface area contributed by atoms with Gasteiger partial charge in [-0.3, -0.25) is 0 Å². The van der Waals surface area contributed by atoms with Crippen molar-refractivity contribution in [1.82, 2.24) is 0 Å². The Morgan fingerprint density at radius 3 is 2.71 bits per heavy atom. The van der Waals surface area contributed by atoms with E-state index in [2.05, 4.69) is 0 Å². The summed E-state index contributed by atoms with van der Waals surface area (Å²) in [4.78, 5) is 0. The number of phenols is 1. The predicted molar refractivity (Wildman–Crippen MR) is 48.6 cm³/mol. The number of hydrogen-bond acceptors (Lipinski definition) is 4. The van der Waals surface area contributed by atoms with Gasteiger partial charge in [-0.2, -0.15) is 0 Å². The highest BCUT2D eigenvalue weighted by atomic mass is 19.1. The Morgan fingerprint density at radius 2 is 2.21 bits per heavy atom. The van der Waals surface area contributed by atoms with Gasteiger partial charge in [0.2, 0.25) is 0 Å². The monoisotopic (exact) mass is 201 g/mol. The molecule has 0 aromatic heterocycles. The molecular formula is C9H12FNO3. The van der Waals surface area contributed by atoms with E-state index in [-0.39, 0.29) is 23.7 Å². The first-order valence-electron chi connectivity index (χ1n) is 4.03. The molecule has 1 rings (SSSR count). The summed E-state index contributed by atoms with van der Waals surface area (Å²) in [5.41, 5.74) is 5.55. The predicted octanol–water partition coefficient (Wildman–Crippen LogP) is 0.532. The number of rotatable bonds is 3. The Labute approximate surface area is 80.7 Å². The van der Waals surface area contributed by atoms with Gasteiger partial charge in [-0.25, -0.2) is 4.39 Å². The van der Waals surface area contributed by atoms with Crippen LogP contribution in [0.2, 0.25) is 0 Å². The van der Waals surface area contributed by atoms with E-state index in [0.29, 0.717) is 0 Å². The molecule has 4 nitrogen and oxygen atoms in total. The molecule has 0 saturated heterocycles. The number of ether oxygens (including phenoxy) is 1. The molecule has 0 saturated carbocycles. The molecule has 1 unspecified atom stereocenters. The Bertz CT molecular complexity index is 330. The molecule has 14 heavy (non-hydrogen) atoms. The first-order valence-corrected chi connectivity index (χ1v) is 4.03. The molecule has 1 aromatic carbocycles. The number of aromatic hydroxyl groups is 1. The zero-order chi connectivity index (χ0) is 10.7. The lowest BCUT2D eigenvalue weighted by Crippen LogP contribution is -2.16. The summed E-state index contributed by atoms with van der Waals surface area (Å²) >= 11 is 0. The van der Waals surface area contributed by atoms with E-state index in [4.69, 9.17) is 15.6 Å². The lowest BCUT2D eigenvalue weighted by atomic mass is 10.1. The topological polar surface area (TPSA) is 75.7 Å². The average Bonchev–Trinajstić information content (AvgIpc) is 2.17. The van der Waals surface area contributed by atoms with Crippen LogP contribution in [0.3, 0.4) is 0 Å². The van der Waals surface area contributed by atoms with Crippen LogP contribution in [0.1, 0.15) is 11.6 Å². The van der Waals surface area contributed by atoms with E-state index < -0.39 is 11.9 Å². The number of halogens is 1. The zero-order valence-corrected chi connectivity index (χ0v) is 7.70. The highest BCUT2D eigenvalue weighted by molar-refractivity contribution is 5.43. The fourth-order valence-electron chi connectivity index (χ4n) is 1.10. The number of methoxy groups -OCH3 is 1. The van der Waals surface area contributed by atoms with Gasteiger partial charge in [0.05, 0.1) is 19.8 Å². The number of benzene rings is 1. The molecule has 0 radical (unpaired) electrons. The van der Waals surface area contributed by atoms with E-state index in [0.717, 1.165) is 6.07 Å². The van der Waals surface area contributed by atoms with Crippen LogP contribution in [0.25, 0.3) is 0 Å². The van der Waals surface area contributed by atoms with Crippen molar-refractivity contribution in [3.63, 3.8) is 0 Å². The second-order valence-corrected chi connectivity index (χ2v) is 2.83. The smallest absolute Gasteiger partial charge is 0.161 e. The largest absolute Gasteiger partial charge is 0.504 e. The van der Waals surface area contributed by atoms with Crippen molar-refractivity contribution in [3.05, 3.63) is 23.5 Å². The molecule has 0 bridgehead atoms. The standard InChI is InChI=1S/C9H12FNO3/c1-14-9-2-5(7(11)4-12)6(10)3-8(9)13/h2-3,7,12-13H,4,11H2,1H3. The Kier molecular flexibility index (Phi) is 3.27. The van der Waals surface area contributed by atoms with Crippen LogP contribution in [-0.2, 0) is 0 Å². The lowest BCUT2D eigenvalue weighted by Gasteiger charge is -2.12. The Balaban J connectivity index is 3.17. The molecular weight excluding hydrogens is 189 g/mol. The van der Waals surface area contributed by atoms with Crippen LogP contribution in [0, 0.1) is 5.82 Å². The molecule has 1 aromatic rings. The normalized spacial score (nSPS) is 12.6. The van der Waals surface area contributed by atoms with Crippen molar-refractivity contribution in [2.24, 2.45) is 5.73 Å². The molecule has 0 amide bonds. The maximum Gasteiger partial charge on any atom is 0.161 e. The number of nitrogens with two attached hydrogens (primary N) is 1. The summed E-state index contributed by atoms with van der Waals surface area (Å²) in [5.74, 6) is -0.825. The Hall–Kier alpha value is -1.33. The molecule has 0 aliphatic heterocycles. The zero-order valence-electron chi connectivity index (χ0n) is 7.70. The first kappa shape index (κ1) is 10.7. The van der Waals surface area contributed by atoms with Crippen LogP contribution >= 0.6 is 0 Å². The lowest BCUT2D eigenvalue weighted by molar-refractivity contribution is 0.264. The minimum absolute atomic E-state index is 0.113. The summed E-state index contributed by atoms with van der Waals surface area (Å²) in [6, 6.07) is 1.36. The van der Waals surface area contributed by atoms with Crippen molar-refractivity contribution in [1.29, 1.82) is 0 Å². The fourth-order valence-corrected chi connectivity index (χ4v) is 1.10. The second kappa shape index (κ2) is 4.26. The van der Waals surface area contributed by atoms with E-state index in [1.54, 1.807) is 0 Å². The van der Waals surface area contributed by atoms with Gasteiger partial charge in [0.1, 0.15) is 5.82 Å². The Morgan fingerprint density at radius 1 is 1.57 bits per heavy atom. The third-order valence-electron chi connectivity index (χ3n) is 1.89. The molecule has 0 fully saturated rings. The number of hydrogen-bond donors (Lipinski definition) is 3. The maximum absolute atomic E-state index is 13.2. The van der Waals surface area contributed by atoms with Gasteiger partial charge >= 0.3 is 0 Å². The minimum atomic E-state index is -0.815. The molecule has 0 heterocycles. The molecule has 0 aliphatic rings. The fraction of sp³-hybridized carbons (Fsp3) is 0.333. The quantitative estimate of drug-likeness (QED) is 0.666. The van der Waals surface area contributed by atoms with Crippen molar-refractivity contribution in [2.45, 2.75) is 6.04 Å². The van der Waals surface area contributed by atoms with E-state index in [1.165, 1.54) is 13.2 Å². The maximum atomic E-state index is 13.2. The van der Waals surface area contributed by atoms with Gasteiger partial charge < -0.3 is 20.7 Å². The van der Waals surface area contributed by atoms with Crippen LogP contribution < -0.4 is 10.5 Å². The van der Waals surface area contributed by atoms with Crippen LogP contribution in [-0.4, -0.2) is 23.9 Å². The van der Waals surface area contributed by atoms with Crippen molar-refractivity contribution in [3.8, 4) is 11.5 Å². The number of aliphatic hydroxyl groups is 1. The molecule has 0 aliphatic carbocycles. The van der Waals surface area contributed by atoms with Gasteiger partial charge in [0, 0.05) is 11.6 Å². The molecule has 5 heteroatoms. The van der Waals surface area contributed by atoms with Crippen molar-refractivity contribution >= 4 is 0 Å². The van der Waals surface area contributed by atoms with E-state index in [9.17, 15) is 9.50 Å². The summed E-state index contributed by atoms with van der Waals surface area (Å²) in [7, 11) is 1.35. The van der Waals surface area contributed by atoms with Gasteiger partial charge in [-0.1, -0.05) is 0 Å². The van der Waals surface area contributed by atoms with Gasteiger partial charge in [0.25, 0.3) is 0 Å². The minimum Gasteiger partial charge on any atom is -0.504 e. The summed E-state index contributed by atoms with van der Waals surface area (Å²) < 4.78 is 18.0. The number of aliphatic hydroxyl groups excluding tert-OH is 1. The van der Waals surface area contributed by atoms with E-state index in [1.807, 2.05) is 0 Å². The number of phenolic OH excluding ortho intramolecular Hbond substituents is 1.